The molecule has 0 aliphatic rings. The lowest BCUT2D eigenvalue weighted by Crippen LogP contribution is -2.27. The average Bonchev–Trinajstić information content (AvgIpc) is 2.47. The molecule has 2 rings (SSSR count). The molecule has 0 saturated heterocycles. The Morgan fingerprint density at radius 2 is 1.65 bits per heavy atom. The molecule has 1 unspecified atom stereocenters. The maximum Gasteiger partial charge on any atom is 0.123 e. The number of ether oxygens (including phenoxy) is 1. The SMILES string of the molecule is Cl.NC(CO)Cc1ccccc1OCc1ccccc1. The summed E-state index contributed by atoms with van der Waals surface area (Å²) in [5.41, 5.74) is 7.93. The Morgan fingerprint density at radius 1 is 1.00 bits per heavy atom. The van der Waals surface area contributed by atoms with Crippen molar-refractivity contribution in [3.05, 3.63) is 65.7 Å². The molecular weight excluding hydrogens is 274 g/mol. The van der Waals surface area contributed by atoms with Gasteiger partial charge in [-0.25, -0.2) is 0 Å². The second-order valence-corrected chi connectivity index (χ2v) is 4.53. The van der Waals surface area contributed by atoms with Crippen LogP contribution in [0, 0.1) is 0 Å². The summed E-state index contributed by atoms with van der Waals surface area (Å²) in [6.07, 6.45) is 0.613. The van der Waals surface area contributed by atoms with Gasteiger partial charge >= 0.3 is 0 Å². The molecule has 0 aromatic heterocycles. The van der Waals surface area contributed by atoms with E-state index in [4.69, 9.17) is 15.6 Å². The second kappa shape index (κ2) is 8.59. The standard InChI is InChI=1S/C16H19NO2.ClH/c17-15(11-18)10-14-8-4-5-9-16(14)19-12-13-6-2-1-3-7-13;/h1-9,15,18H,10-12,17H2;1H. The van der Waals surface area contributed by atoms with Gasteiger partial charge in [0.15, 0.2) is 0 Å². The minimum absolute atomic E-state index is 0. The van der Waals surface area contributed by atoms with Crippen molar-refractivity contribution in [2.45, 2.75) is 19.1 Å². The zero-order valence-corrected chi connectivity index (χ0v) is 12.1. The number of aliphatic hydroxyl groups excluding tert-OH is 1. The topological polar surface area (TPSA) is 55.5 Å². The third-order valence-electron chi connectivity index (χ3n) is 2.93. The zero-order valence-electron chi connectivity index (χ0n) is 11.2. The molecule has 2 aromatic rings. The van der Waals surface area contributed by atoms with Crippen molar-refractivity contribution in [1.82, 2.24) is 0 Å². The van der Waals surface area contributed by atoms with Crippen molar-refractivity contribution in [3.63, 3.8) is 0 Å². The molecule has 0 amide bonds. The lowest BCUT2D eigenvalue weighted by Gasteiger charge is -2.14. The van der Waals surface area contributed by atoms with Gasteiger partial charge < -0.3 is 15.6 Å². The molecule has 0 radical (unpaired) electrons. The van der Waals surface area contributed by atoms with E-state index < -0.39 is 0 Å². The number of hydrogen-bond acceptors (Lipinski definition) is 3. The molecule has 3 N–H and O–H groups in total. The summed E-state index contributed by atoms with van der Waals surface area (Å²) >= 11 is 0. The van der Waals surface area contributed by atoms with Gasteiger partial charge in [-0.15, -0.1) is 12.4 Å². The first-order valence-electron chi connectivity index (χ1n) is 6.40. The highest BCUT2D eigenvalue weighted by Crippen LogP contribution is 2.20. The third-order valence-corrected chi connectivity index (χ3v) is 2.93. The van der Waals surface area contributed by atoms with Gasteiger partial charge in [-0.3, -0.25) is 0 Å². The van der Waals surface area contributed by atoms with Crippen LogP contribution >= 0.6 is 12.4 Å². The highest BCUT2D eigenvalue weighted by atomic mass is 35.5. The van der Waals surface area contributed by atoms with Crippen LogP contribution in [-0.4, -0.2) is 17.8 Å². The number of halogens is 1. The van der Waals surface area contributed by atoms with Crippen molar-refractivity contribution in [2.75, 3.05) is 6.61 Å². The molecule has 108 valence electrons. The van der Waals surface area contributed by atoms with Crippen LogP contribution in [-0.2, 0) is 13.0 Å². The molecule has 0 aliphatic heterocycles. The minimum atomic E-state index is -0.249. The van der Waals surface area contributed by atoms with Gasteiger partial charge in [0.05, 0.1) is 6.61 Å². The first-order valence-corrected chi connectivity index (χ1v) is 6.40. The molecule has 0 saturated carbocycles. The molecule has 0 bridgehead atoms. The van der Waals surface area contributed by atoms with Crippen LogP contribution in [0.4, 0.5) is 0 Å². The molecule has 0 heterocycles. The van der Waals surface area contributed by atoms with Gasteiger partial charge in [0.2, 0.25) is 0 Å². The van der Waals surface area contributed by atoms with Crippen LogP contribution in [0.2, 0.25) is 0 Å². The molecule has 4 heteroatoms. The maximum atomic E-state index is 9.03. The van der Waals surface area contributed by atoms with Gasteiger partial charge in [-0.2, -0.15) is 0 Å². The largest absolute Gasteiger partial charge is 0.489 e. The summed E-state index contributed by atoms with van der Waals surface area (Å²) in [5.74, 6) is 0.829. The lowest BCUT2D eigenvalue weighted by molar-refractivity contribution is 0.262. The van der Waals surface area contributed by atoms with Gasteiger partial charge in [0.1, 0.15) is 12.4 Å². The molecule has 1 atom stereocenters. The van der Waals surface area contributed by atoms with E-state index in [-0.39, 0.29) is 25.1 Å². The number of aliphatic hydroxyl groups is 1. The van der Waals surface area contributed by atoms with E-state index in [2.05, 4.69) is 0 Å². The van der Waals surface area contributed by atoms with Crippen LogP contribution in [0.25, 0.3) is 0 Å². The van der Waals surface area contributed by atoms with Gasteiger partial charge in [-0.05, 0) is 23.6 Å². The van der Waals surface area contributed by atoms with Crippen molar-refractivity contribution < 1.29 is 9.84 Å². The quantitative estimate of drug-likeness (QED) is 0.860. The Hall–Kier alpha value is -1.55. The Bertz CT molecular complexity index is 505. The third kappa shape index (κ3) is 4.85. The molecule has 0 spiro atoms. The number of benzene rings is 2. The van der Waals surface area contributed by atoms with Crippen LogP contribution in [0.15, 0.2) is 54.6 Å². The van der Waals surface area contributed by atoms with Gasteiger partial charge in [0, 0.05) is 6.04 Å². The summed E-state index contributed by atoms with van der Waals surface area (Å²) in [4.78, 5) is 0. The van der Waals surface area contributed by atoms with Gasteiger partial charge in [-0.1, -0.05) is 48.5 Å². The fraction of sp³-hybridized carbons (Fsp3) is 0.250. The van der Waals surface area contributed by atoms with Crippen LogP contribution in [0.5, 0.6) is 5.75 Å². The van der Waals surface area contributed by atoms with E-state index in [1.807, 2.05) is 54.6 Å². The summed E-state index contributed by atoms with van der Waals surface area (Å²) in [6.45, 7) is 0.513. The second-order valence-electron chi connectivity index (χ2n) is 4.53. The molecule has 2 aromatic carbocycles. The lowest BCUT2D eigenvalue weighted by atomic mass is 10.1. The van der Waals surface area contributed by atoms with E-state index in [0.717, 1.165) is 16.9 Å². The van der Waals surface area contributed by atoms with Crippen molar-refractivity contribution in [1.29, 1.82) is 0 Å². The average molecular weight is 294 g/mol. The summed E-state index contributed by atoms with van der Waals surface area (Å²) < 4.78 is 5.83. The Morgan fingerprint density at radius 3 is 2.35 bits per heavy atom. The zero-order chi connectivity index (χ0) is 13.5. The molecule has 0 aliphatic carbocycles. The number of hydrogen-bond donors (Lipinski definition) is 2. The van der Waals surface area contributed by atoms with E-state index in [9.17, 15) is 0 Å². The minimum Gasteiger partial charge on any atom is -0.489 e. The fourth-order valence-electron chi connectivity index (χ4n) is 1.90. The van der Waals surface area contributed by atoms with E-state index >= 15 is 0 Å². The van der Waals surface area contributed by atoms with Crippen molar-refractivity contribution in [3.8, 4) is 5.75 Å². The van der Waals surface area contributed by atoms with E-state index in [1.54, 1.807) is 0 Å². The smallest absolute Gasteiger partial charge is 0.123 e. The van der Waals surface area contributed by atoms with E-state index in [1.165, 1.54) is 0 Å². The van der Waals surface area contributed by atoms with E-state index in [0.29, 0.717) is 13.0 Å². The number of nitrogens with two attached hydrogens (primary N) is 1. The highest BCUT2D eigenvalue weighted by molar-refractivity contribution is 5.85. The number of para-hydroxylation sites is 1. The molecular formula is C16H20ClNO2. The Labute approximate surface area is 125 Å². The normalized spacial score (nSPS) is 11.5. The van der Waals surface area contributed by atoms with Gasteiger partial charge in [0.25, 0.3) is 0 Å². The number of rotatable bonds is 6. The monoisotopic (exact) mass is 293 g/mol. The fourth-order valence-corrected chi connectivity index (χ4v) is 1.90. The predicted octanol–water partition coefficient (Wildman–Crippen LogP) is 2.55. The summed E-state index contributed by atoms with van der Waals surface area (Å²) in [6, 6.07) is 17.6. The van der Waals surface area contributed by atoms with Crippen LogP contribution in [0.1, 0.15) is 11.1 Å². The van der Waals surface area contributed by atoms with Crippen molar-refractivity contribution in [2.24, 2.45) is 5.73 Å². The first-order chi connectivity index (χ1) is 9.29. The molecule has 0 fully saturated rings. The summed E-state index contributed by atoms with van der Waals surface area (Å²) in [7, 11) is 0. The Kier molecular flexibility index (Phi) is 7.09. The highest BCUT2D eigenvalue weighted by Gasteiger charge is 2.08. The predicted molar refractivity (Wildman–Crippen MR) is 83.2 cm³/mol. The maximum absolute atomic E-state index is 9.03. The van der Waals surface area contributed by atoms with Crippen LogP contribution in [0.3, 0.4) is 0 Å². The molecule has 20 heavy (non-hydrogen) atoms. The Balaban J connectivity index is 0.00000200. The molecule has 3 nitrogen and oxygen atoms in total. The first kappa shape index (κ1) is 16.5. The summed E-state index contributed by atoms with van der Waals surface area (Å²) in [5, 5.41) is 9.03. The van der Waals surface area contributed by atoms with Crippen LogP contribution < -0.4 is 10.5 Å². The van der Waals surface area contributed by atoms with Crippen molar-refractivity contribution >= 4 is 12.4 Å².